The van der Waals surface area contributed by atoms with Crippen LogP contribution in [0.25, 0.3) is 0 Å². The molecule has 8 nitrogen and oxygen atoms in total. The maximum absolute atomic E-state index is 16.2. The molecular weight excluding hydrogens is 569 g/mol. The van der Waals surface area contributed by atoms with Gasteiger partial charge in [0.2, 0.25) is 0 Å². The highest BCUT2D eigenvalue weighted by atomic mass is 19.1. The number of Topliss-reactive ketones (excluding diaryl/α,β-unsaturated/α-hetero) is 1. The van der Waals surface area contributed by atoms with Crippen LogP contribution in [0.5, 0.6) is 0 Å². The first kappa shape index (κ1) is 32.0. The summed E-state index contributed by atoms with van der Waals surface area (Å²) in [5.74, 6) is 0.322. The number of hydrogen-bond acceptors (Lipinski definition) is 7. The lowest BCUT2D eigenvalue weighted by molar-refractivity contribution is -0.208. The number of fused-ring (bicyclic) bond motifs is 3. The lowest BCUT2D eigenvalue weighted by atomic mass is 9.65. The van der Waals surface area contributed by atoms with E-state index in [1.165, 1.54) is 51.4 Å². The van der Waals surface area contributed by atoms with Crippen LogP contribution in [0.4, 0.5) is 4.39 Å². The third-order valence-corrected chi connectivity index (χ3v) is 13.1. The topological polar surface area (TPSA) is 77.2 Å². The van der Waals surface area contributed by atoms with Crippen LogP contribution in [0.15, 0.2) is 11.8 Å². The predicted octanol–water partition coefficient (Wildman–Crippen LogP) is 4.04. The van der Waals surface area contributed by atoms with E-state index in [9.17, 15) is 9.59 Å². The van der Waals surface area contributed by atoms with Gasteiger partial charge in [0.05, 0.1) is 35.9 Å². The highest BCUT2D eigenvalue weighted by molar-refractivity contribution is 6.20. The van der Waals surface area contributed by atoms with Crippen molar-refractivity contribution in [2.75, 3.05) is 39.8 Å². The van der Waals surface area contributed by atoms with E-state index in [1.54, 1.807) is 0 Å². The Hall–Kier alpha value is -1.55. The lowest BCUT2D eigenvalue weighted by Gasteiger charge is -2.61. The van der Waals surface area contributed by atoms with Crippen molar-refractivity contribution in [3.63, 3.8) is 0 Å². The van der Waals surface area contributed by atoms with E-state index in [-0.39, 0.29) is 41.9 Å². The molecule has 9 heteroatoms. The summed E-state index contributed by atoms with van der Waals surface area (Å²) in [6.45, 7) is 6.93. The zero-order valence-electron chi connectivity index (χ0n) is 27.8. The molecule has 3 aliphatic carbocycles. The highest BCUT2D eigenvalue weighted by Crippen LogP contribution is 2.50. The Bertz CT molecular complexity index is 1100. The van der Waals surface area contributed by atoms with Gasteiger partial charge in [-0.05, 0) is 110 Å². The monoisotopic (exact) mass is 627 g/mol. The largest absolute Gasteiger partial charge is 0.369 e. The number of hydrogen-bond donors (Lipinski definition) is 2. The van der Waals surface area contributed by atoms with Crippen LogP contribution in [-0.2, 0) is 14.3 Å². The van der Waals surface area contributed by atoms with Crippen molar-refractivity contribution in [1.82, 2.24) is 25.3 Å². The molecule has 11 unspecified atom stereocenters. The van der Waals surface area contributed by atoms with E-state index < -0.39 is 24.2 Å². The molecule has 0 radical (unpaired) electrons. The van der Waals surface area contributed by atoms with Crippen LogP contribution in [0.3, 0.4) is 0 Å². The standard InChI is InChI=1S/C36H58FN5O3/c1-23-9-5-6-17-41(23)18-8-14-38-32-29(37)21-27-33-35(32)45-31-20-25-11-4-3-10-24(25)19-30(31)42(33)22-28(34(27)43)36(44)39-15-13-26-12-7-16-40(26)2/h22-27,29-33,35,38H,3-21H2,1-2H3,(H,39,44). The maximum atomic E-state index is 16.2. The van der Waals surface area contributed by atoms with E-state index in [4.69, 9.17) is 4.74 Å². The third kappa shape index (κ3) is 6.49. The number of halogens is 1. The van der Waals surface area contributed by atoms with Crippen molar-refractivity contribution in [2.24, 2.45) is 17.8 Å². The summed E-state index contributed by atoms with van der Waals surface area (Å²) in [5.41, 5.74) is 0.232. The number of nitrogens with one attached hydrogen (secondary N) is 2. The van der Waals surface area contributed by atoms with Crippen molar-refractivity contribution in [1.29, 1.82) is 0 Å². The predicted molar refractivity (Wildman–Crippen MR) is 173 cm³/mol. The first-order chi connectivity index (χ1) is 21.9. The maximum Gasteiger partial charge on any atom is 0.256 e. The molecule has 4 heterocycles. The zero-order valence-corrected chi connectivity index (χ0v) is 27.8. The van der Waals surface area contributed by atoms with Gasteiger partial charge in [-0.1, -0.05) is 32.1 Å². The number of morpholine rings is 1. The summed E-state index contributed by atoms with van der Waals surface area (Å²) < 4.78 is 23.2. The number of rotatable bonds is 9. The van der Waals surface area contributed by atoms with Gasteiger partial charge in [-0.2, -0.15) is 0 Å². The summed E-state index contributed by atoms with van der Waals surface area (Å²) in [6.07, 6.45) is 15.7. The first-order valence-corrected chi connectivity index (χ1v) is 18.7. The number of amides is 1. The molecule has 252 valence electrons. The molecule has 11 atom stereocenters. The molecular formula is C36H58FN5O3. The molecule has 0 spiro atoms. The fraction of sp³-hybridized carbons (Fsp3) is 0.889. The Morgan fingerprint density at radius 3 is 2.58 bits per heavy atom. The Morgan fingerprint density at radius 2 is 1.80 bits per heavy atom. The average molecular weight is 628 g/mol. The number of likely N-dealkylation sites (tertiary alicyclic amines) is 2. The second kappa shape index (κ2) is 13.9. The molecule has 7 rings (SSSR count). The first-order valence-electron chi connectivity index (χ1n) is 18.7. The van der Waals surface area contributed by atoms with Gasteiger partial charge in [-0.25, -0.2) is 4.39 Å². The van der Waals surface area contributed by atoms with Crippen molar-refractivity contribution < 1.29 is 18.7 Å². The second-order valence-electron chi connectivity index (χ2n) is 15.7. The number of carbonyl (C=O) groups excluding carboxylic acids is 2. The van der Waals surface area contributed by atoms with Gasteiger partial charge in [0.15, 0.2) is 5.78 Å². The van der Waals surface area contributed by atoms with E-state index >= 15 is 4.39 Å². The molecule has 1 amide bonds. The molecule has 4 aliphatic heterocycles. The van der Waals surface area contributed by atoms with Crippen LogP contribution < -0.4 is 10.6 Å². The molecule has 0 aromatic rings. The summed E-state index contributed by atoms with van der Waals surface area (Å²) in [7, 11) is 2.15. The highest BCUT2D eigenvalue weighted by Gasteiger charge is 2.59. The van der Waals surface area contributed by atoms with Crippen LogP contribution in [-0.4, -0.2) is 115 Å². The fourth-order valence-electron chi connectivity index (χ4n) is 10.5. The molecule has 6 fully saturated rings. The second-order valence-corrected chi connectivity index (χ2v) is 15.7. The Balaban J connectivity index is 1.08. The summed E-state index contributed by atoms with van der Waals surface area (Å²) in [6, 6.07) is 0.608. The number of piperidine rings is 1. The van der Waals surface area contributed by atoms with Gasteiger partial charge >= 0.3 is 0 Å². The minimum atomic E-state index is -1.18. The Morgan fingerprint density at radius 1 is 1.00 bits per heavy atom. The van der Waals surface area contributed by atoms with Crippen molar-refractivity contribution in [2.45, 2.75) is 145 Å². The third-order valence-electron chi connectivity index (χ3n) is 13.1. The van der Waals surface area contributed by atoms with Gasteiger partial charge in [0, 0.05) is 30.7 Å². The molecule has 3 saturated carbocycles. The van der Waals surface area contributed by atoms with Crippen molar-refractivity contribution in [3.05, 3.63) is 11.8 Å². The minimum absolute atomic E-state index is 0.0155. The van der Waals surface area contributed by atoms with E-state index in [2.05, 4.69) is 39.3 Å². The Labute approximate surface area is 270 Å². The summed E-state index contributed by atoms with van der Waals surface area (Å²) >= 11 is 0. The minimum Gasteiger partial charge on any atom is -0.369 e. The molecule has 0 aromatic heterocycles. The SMILES string of the molecule is CC1CCCCN1CCCNC1C(F)CC2C(=O)C(C(=O)NCCC3CCCN3C)=CN3C4CC5CCCCC5CC4OC1C23. The summed E-state index contributed by atoms with van der Waals surface area (Å²) in [5, 5.41) is 6.68. The van der Waals surface area contributed by atoms with Crippen LogP contribution >= 0.6 is 0 Å². The van der Waals surface area contributed by atoms with E-state index in [0.717, 1.165) is 58.3 Å². The number of carbonyl (C=O) groups is 2. The van der Waals surface area contributed by atoms with E-state index in [0.29, 0.717) is 30.5 Å². The van der Waals surface area contributed by atoms with Gasteiger partial charge in [-0.15, -0.1) is 0 Å². The van der Waals surface area contributed by atoms with Gasteiger partial charge in [-0.3, -0.25) is 9.59 Å². The van der Waals surface area contributed by atoms with E-state index in [1.807, 2.05) is 6.20 Å². The molecule has 45 heavy (non-hydrogen) atoms. The van der Waals surface area contributed by atoms with Crippen LogP contribution in [0, 0.1) is 17.8 Å². The smallest absolute Gasteiger partial charge is 0.256 e. The number of ether oxygens (including phenoxy) is 1. The normalized spacial score (nSPS) is 42.0. The summed E-state index contributed by atoms with van der Waals surface area (Å²) in [4.78, 5) is 34.9. The van der Waals surface area contributed by atoms with Gasteiger partial charge in [0.1, 0.15) is 6.17 Å². The van der Waals surface area contributed by atoms with Gasteiger partial charge in [0.25, 0.3) is 5.91 Å². The molecule has 3 saturated heterocycles. The molecule has 7 aliphatic rings. The number of nitrogens with zero attached hydrogens (tertiary/aromatic N) is 3. The number of alkyl halides is 1. The molecule has 0 aromatic carbocycles. The van der Waals surface area contributed by atoms with Gasteiger partial charge < -0.3 is 30.1 Å². The van der Waals surface area contributed by atoms with Crippen molar-refractivity contribution >= 4 is 11.7 Å². The van der Waals surface area contributed by atoms with Crippen LogP contribution in [0.1, 0.15) is 96.8 Å². The molecule has 2 N–H and O–H groups in total. The number of ketones is 1. The quantitative estimate of drug-likeness (QED) is 0.295. The molecule has 0 bridgehead atoms. The Kier molecular flexibility index (Phi) is 9.89. The van der Waals surface area contributed by atoms with Crippen molar-refractivity contribution in [3.8, 4) is 0 Å². The fourth-order valence-corrected chi connectivity index (χ4v) is 10.5. The zero-order chi connectivity index (χ0) is 31.1. The average Bonchev–Trinajstić information content (AvgIpc) is 3.45. The van der Waals surface area contributed by atoms with Crippen LogP contribution in [0.2, 0.25) is 0 Å². The lowest BCUT2D eigenvalue weighted by Crippen LogP contribution is -2.73.